The Morgan fingerprint density at radius 3 is 2.83 bits per heavy atom. The van der Waals surface area contributed by atoms with Crippen LogP contribution in [0, 0.1) is 5.92 Å². The number of hydrogen-bond donors (Lipinski definition) is 3. The molecule has 4 N–H and O–H groups in total. The van der Waals surface area contributed by atoms with Crippen LogP contribution in [0.5, 0.6) is 0 Å². The average molecular weight is 334 g/mol. The summed E-state index contributed by atoms with van der Waals surface area (Å²) in [4.78, 5) is 20.5. The van der Waals surface area contributed by atoms with E-state index in [1.807, 2.05) is 6.92 Å². The highest BCUT2D eigenvalue weighted by Gasteiger charge is 2.31. The fourth-order valence-corrected chi connectivity index (χ4v) is 3.28. The maximum atomic E-state index is 11.7. The van der Waals surface area contributed by atoms with E-state index in [9.17, 15) is 9.90 Å². The number of rotatable bonds is 6. The first kappa shape index (κ1) is 18.6. The van der Waals surface area contributed by atoms with Crippen LogP contribution in [0.25, 0.3) is 0 Å². The Morgan fingerprint density at radius 1 is 1.54 bits per heavy atom. The van der Waals surface area contributed by atoms with Gasteiger partial charge in [0.2, 0.25) is 5.95 Å². The van der Waals surface area contributed by atoms with E-state index < -0.39 is 11.5 Å². The van der Waals surface area contributed by atoms with E-state index in [0.717, 1.165) is 32.1 Å². The van der Waals surface area contributed by atoms with Crippen LogP contribution in [0.3, 0.4) is 0 Å². The van der Waals surface area contributed by atoms with E-state index in [0.29, 0.717) is 29.5 Å². The normalized spacial score (nSPS) is 24.6. The molecular weight excluding hydrogens is 304 g/mol. The third-order valence-electron chi connectivity index (χ3n) is 5.01. The molecule has 2 atom stereocenters. The van der Waals surface area contributed by atoms with Gasteiger partial charge in [0.15, 0.2) is 0 Å². The molecule has 6 heteroatoms. The number of nitrogens with zero attached hydrogens (tertiary/aromatic N) is 2. The van der Waals surface area contributed by atoms with Gasteiger partial charge in [-0.3, -0.25) is 4.79 Å². The number of aromatic nitrogens is 2. The summed E-state index contributed by atoms with van der Waals surface area (Å²) in [6.45, 7) is 8.13. The molecule has 0 aromatic carbocycles. The molecule has 1 aromatic rings. The number of hydrogen-bond acceptors (Lipinski definition) is 5. The van der Waals surface area contributed by atoms with Crippen LogP contribution in [0.2, 0.25) is 0 Å². The van der Waals surface area contributed by atoms with Crippen LogP contribution in [0.1, 0.15) is 75.9 Å². The Morgan fingerprint density at radius 2 is 2.25 bits per heavy atom. The van der Waals surface area contributed by atoms with E-state index in [1.54, 1.807) is 0 Å². The smallest absolute Gasteiger partial charge is 0.252 e. The fraction of sp³-hybridized carbons (Fsp3) is 0.722. The van der Waals surface area contributed by atoms with Gasteiger partial charge in [0.1, 0.15) is 0 Å². The number of nitrogens with two attached hydrogens (primary N) is 1. The third kappa shape index (κ3) is 4.90. The lowest BCUT2D eigenvalue weighted by Gasteiger charge is -2.34. The van der Waals surface area contributed by atoms with Crippen LogP contribution < -0.4 is 11.1 Å². The highest BCUT2D eigenvalue weighted by molar-refractivity contribution is 5.93. The van der Waals surface area contributed by atoms with Crippen molar-refractivity contribution in [2.45, 2.75) is 77.4 Å². The molecule has 0 aliphatic heterocycles. The van der Waals surface area contributed by atoms with Gasteiger partial charge in [0.25, 0.3) is 5.91 Å². The SMILES string of the molecule is CCC(C)(C)Nc1ncc(C(N)=O)c(C[C@@H]2CCCC(C)(O)C2)n1. The number of aliphatic hydroxyl groups is 1. The highest BCUT2D eigenvalue weighted by Crippen LogP contribution is 2.34. The van der Waals surface area contributed by atoms with Crippen molar-refractivity contribution >= 4 is 11.9 Å². The second kappa shape index (κ2) is 7.05. The van der Waals surface area contributed by atoms with Gasteiger partial charge in [-0.05, 0) is 58.8 Å². The molecule has 1 unspecified atom stereocenters. The average Bonchev–Trinajstić information content (AvgIpc) is 2.45. The molecule has 2 rings (SSSR count). The topological polar surface area (TPSA) is 101 Å². The predicted octanol–water partition coefficient (Wildman–Crippen LogP) is 2.66. The first-order chi connectivity index (χ1) is 11.1. The Bertz CT molecular complexity index is 599. The lowest BCUT2D eigenvalue weighted by atomic mass is 9.77. The van der Waals surface area contributed by atoms with Gasteiger partial charge in [-0.1, -0.05) is 13.3 Å². The standard InChI is InChI=1S/C18H30N4O2/c1-5-17(2,3)22-16-20-11-13(15(19)23)14(21-16)9-12-7-6-8-18(4,24)10-12/h11-12,24H,5-10H2,1-4H3,(H2,19,23)(H,20,21,22)/t12-,18?/m0/s1. The summed E-state index contributed by atoms with van der Waals surface area (Å²) in [6.07, 6.45) is 6.64. The minimum Gasteiger partial charge on any atom is -0.390 e. The summed E-state index contributed by atoms with van der Waals surface area (Å²) in [6, 6.07) is 0. The largest absolute Gasteiger partial charge is 0.390 e. The summed E-state index contributed by atoms with van der Waals surface area (Å²) >= 11 is 0. The molecule has 0 spiro atoms. The van der Waals surface area contributed by atoms with Crippen molar-refractivity contribution in [3.05, 3.63) is 17.5 Å². The minimum atomic E-state index is -0.631. The molecule has 1 heterocycles. The Labute approximate surface area is 144 Å². The van der Waals surface area contributed by atoms with E-state index in [-0.39, 0.29) is 5.54 Å². The molecule has 6 nitrogen and oxygen atoms in total. The van der Waals surface area contributed by atoms with E-state index in [2.05, 4.69) is 36.1 Å². The molecule has 134 valence electrons. The summed E-state index contributed by atoms with van der Waals surface area (Å²) in [5, 5.41) is 13.6. The van der Waals surface area contributed by atoms with Crippen LogP contribution in [0.15, 0.2) is 6.20 Å². The molecule has 24 heavy (non-hydrogen) atoms. The molecule has 1 fully saturated rings. The molecule has 1 aliphatic carbocycles. The lowest BCUT2D eigenvalue weighted by molar-refractivity contribution is 0.00107. The van der Waals surface area contributed by atoms with Crippen LogP contribution in [-0.4, -0.2) is 32.1 Å². The van der Waals surface area contributed by atoms with Crippen LogP contribution in [0.4, 0.5) is 5.95 Å². The quantitative estimate of drug-likeness (QED) is 0.742. The van der Waals surface area contributed by atoms with Gasteiger partial charge in [0.05, 0.1) is 16.9 Å². The van der Waals surface area contributed by atoms with E-state index in [4.69, 9.17) is 5.73 Å². The zero-order valence-electron chi connectivity index (χ0n) is 15.2. The number of carbonyl (C=O) groups is 1. The highest BCUT2D eigenvalue weighted by atomic mass is 16.3. The number of nitrogens with one attached hydrogen (secondary N) is 1. The van der Waals surface area contributed by atoms with Crippen molar-refractivity contribution in [3.8, 4) is 0 Å². The van der Waals surface area contributed by atoms with Crippen molar-refractivity contribution < 1.29 is 9.90 Å². The van der Waals surface area contributed by atoms with Crippen molar-refractivity contribution in [1.82, 2.24) is 9.97 Å². The minimum absolute atomic E-state index is 0.125. The monoisotopic (exact) mass is 334 g/mol. The van der Waals surface area contributed by atoms with E-state index in [1.165, 1.54) is 6.20 Å². The van der Waals surface area contributed by atoms with E-state index >= 15 is 0 Å². The predicted molar refractivity (Wildman–Crippen MR) is 94.8 cm³/mol. The zero-order valence-corrected chi connectivity index (χ0v) is 15.2. The van der Waals surface area contributed by atoms with Gasteiger partial charge >= 0.3 is 0 Å². The van der Waals surface area contributed by atoms with Crippen molar-refractivity contribution in [2.24, 2.45) is 11.7 Å². The van der Waals surface area contributed by atoms with Crippen molar-refractivity contribution in [2.75, 3.05) is 5.32 Å². The van der Waals surface area contributed by atoms with Crippen molar-refractivity contribution in [1.29, 1.82) is 0 Å². The number of carbonyl (C=O) groups excluding carboxylic acids is 1. The maximum Gasteiger partial charge on any atom is 0.252 e. The van der Waals surface area contributed by atoms with Crippen LogP contribution >= 0.6 is 0 Å². The third-order valence-corrected chi connectivity index (χ3v) is 5.01. The van der Waals surface area contributed by atoms with Gasteiger partial charge < -0.3 is 16.2 Å². The molecule has 1 saturated carbocycles. The molecule has 0 saturated heterocycles. The van der Waals surface area contributed by atoms with Gasteiger partial charge in [-0.25, -0.2) is 9.97 Å². The maximum absolute atomic E-state index is 11.7. The summed E-state index contributed by atoms with van der Waals surface area (Å²) < 4.78 is 0. The Kier molecular flexibility index (Phi) is 5.48. The second-order valence-corrected chi connectivity index (χ2v) is 7.94. The Hall–Kier alpha value is -1.69. The second-order valence-electron chi connectivity index (χ2n) is 7.94. The van der Waals surface area contributed by atoms with Crippen LogP contribution in [-0.2, 0) is 6.42 Å². The first-order valence-electron chi connectivity index (χ1n) is 8.78. The van der Waals surface area contributed by atoms with Gasteiger partial charge in [0, 0.05) is 11.7 Å². The molecular formula is C18H30N4O2. The fourth-order valence-electron chi connectivity index (χ4n) is 3.28. The van der Waals surface area contributed by atoms with Crippen molar-refractivity contribution in [3.63, 3.8) is 0 Å². The Balaban J connectivity index is 2.23. The van der Waals surface area contributed by atoms with Gasteiger partial charge in [-0.2, -0.15) is 0 Å². The molecule has 0 radical (unpaired) electrons. The first-order valence-corrected chi connectivity index (χ1v) is 8.78. The number of primary amides is 1. The summed E-state index contributed by atoms with van der Waals surface area (Å²) in [5.74, 6) is 0.312. The molecule has 1 aromatic heterocycles. The summed E-state index contributed by atoms with van der Waals surface area (Å²) in [7, 11) is 0. The molecule has 1 amide bonds. The lowest BCUT2D eigenvalue weighted by Crippen LogP contribution is -2.33. The van der Waals surface area contributed by atoms with Gasteiger partial charge in [-0.15, -0.1) is 0 Å². The number of amides is 1. The molecule has 1 aliphatic rings. The summed E-state index contributed by atoms with van der Waals surface area (Å²) in [5.41, 5.74) is 5.78. The molecule has 0 bridgehead atoms. The zero-order chi connectivity index (χ0) is 18.0. The number of anilines is 1.